The number of thiocarbonyl (C=S) groups is 1. The van der Waals surface area contributed by atoms with Crippen molar-refractivity contribution in [2.75, 3.05) is 10.6 Å². The highest BCUT2D eigenvalue weighted by atomic mass is 32.1. The van der Waals surface area contributed by atoms with Crippen LogP contribution in [0.1, 0.15) is 5.69 Å². The molecule has 25 heavy (non-hydrogen) atoms. The number of H-pyrrole nitrogens is 1. The van der Waals surface area contributed by atoms with Crippen LogP contribution in [0.25, 0.3) is 11.1 Å². The Morgan fingerprint density at radius 2 is 1.72 bits per heavy atom. The molecule has 0 spiro atoms. The number of aromatic amines is 1. The van der Waals surface area contributed by atoms with Gasteiger partial charge in [-0.05, 0) is 55.0 Å². The summed E-state index contributed by atoms with van der Waals surface area (Å²) in [5.41, 5.74) is 3.14. The monoisotopic (exact) mass is 353 g/mol. The molecule has 0 bridgehead atoms. The first-order valence-electron chi connectivity index (χ1n) is 7.66. The zero-order valence-electron chi connectivity index (χ0n) is 13.5. The molecule has 2 aromatic carbocycles. The summed E-state index contributed by atoms with van der Waals surface area (Å²) < 4.78 is 13.0. The third-order valence-corrected chi connectivity index (χ3v) is 3.80. The highest BCUT2D eigenvalue weighted by Gasteiger charge is 2.12. The zero-order chi connectivity index (χ0) is 17.8. The van der Waals surface area contributed by atoms with Gasteiger partial charge in [-0.2, -0.15) is 0 Å². The Bertz CT molecular complexity index is 953. The third-order valence-electron chi connectivity index (χ3n) is 3.59. The van der Waals surface area contributed by atoms with Crippen molar-refractivity contribution in [3.8, 4) is 11.1 Å². The van der Waals surface area contributed by atoms with Gasteiger partial charge in [-0.25, -0.2) is 4.39 Å². The Kier molecular flexibility index (Phi) is 4.90. The minimum absolute atomic E-state index is 0.248. The largest absolute Gasteiger partial charge is 0.332 e. The van der Waals surface area contributed by atoms with Crippen LogP contribution in [0.15, 0.2) is 65.5 Å². The second-order valence-electron chi connectivity index (χ2n) is 5.52. The van der Waals surface area contributed by atoms with Crippen LogP contribution in [0.2, 0.25) is 0 Å². The summed E-state index contributed by atoms with van der Waals surface area (Å²) in [6.07, 6.45) is 0. The van der Waals surface area contributed by atoms with Gasteiger partial charge in [0.15, 0.2) is 5.11 Å². The molecule has 0 fully saturated rings. The van der Waals surface area contributed by atoms with Gasteiger partial charge in [-0.3, -0.25) is 4.79 Å². The van der Waals surface area contributed by atoms with Crippen molar-refractivity contribution in [3.63, 3.8) is 0 Å². The number of nitrogens with one attached hydrogen (secondary N) is 3. The van der Waals surface area contributed by atoms with E-state index in [9.17, 15) is 9.18 Å². The summed E-state index contributed by atoms with van der Waals surface area (Å²) in [4.78, 5) is 15.2. The van der Waals surface area contributed by atoms with Crippen LogP contribution >= 0.6 is 12.2 Å². The standard InChI is InChI=1S/C19H16FN3OS/c1-12-11-16(13-5-3-2-4-6-13)17(18(24)21-12)23-19(25)22-15-9-7-14(20)8-10-15/h2-11H,1H3,(H,21,24)(H2,22,23,25). The average molecular weight is 353 g/mol. The van der Waals surface area contributed by atoms with Gasteiger partial charge in [-0.15, -0.1) is 0 Å². The Balaban J connectivity index is 1.90. The van der Waals surface area contributed by atoms with Crippen LogP contribution in [0, 0.1) is 12.7 Å². The number of pyridine rings is 1. The fraction of sp³-hybridized carbons (Fsp3) is 0.0526. The lowest BCUT2D eigenvalue weighted by Gasteiger charge is -2.14. The van der Waals surface area contributed by atoms with E-state index in [-0.39, 0.29) is 16.5 Å². The number of benzene rings is 2. The van der Waals surface area contributed by atoms with Crippen LogP contribution in [-0.4, -0.2) is 10.1 Å². The Morgan fingerprint density at radius 1 is 1.04 bits per heavy atom. The van der Waals surface area contributed by atoms with E-state index in [1.54, 1.807) is 12.1 Å². The van der Waals surface area contributed by atoms with Crippen molar-refractivity contribution >= 4 is 28.7 Å². The quantitative estimate of drug-likeness (QED) is 0.615. The first kappa shape index (κ1) is 16.9. The molecule has 0 atom stereocenters. The second-order valence-corrected chi connectivity index (χ2v) is 5.93. The van der Waals surface area contributed by atoms with E-state index in [1.807, 2.05) is 43.3 Å². The topological polar surface area (TPSA) is 56.9 Å². The smallest absolute Gasteiger partial charge is 0.272 e. The normalized spacial score (nSPS) is 10.3. The van der Waals surface area contributed by atoms with Crippen molar-refractivity contribution in [3.05, 3.63) is 82.5 Å². The molecular formula is C19H16FN3OS. The summed E-state index contributed by atoms with van der Waals surface area (Å²) in [6, 6.07) is 17.3. The SMILES string of the molecule is Cc1cc(-c2ccccc2)c(NC(=S)Nc2ccc(F)cc2)c(=O)[nH]1. The van der Waals surface area contributed by atoms with Gasteiger partial charge in [0, 0.05) is 16.9 Å². The molecule has 0 saturated heterocycles. The van der Waals surface area contributed by atoms with Crippen LogP contribution in [0.4, 0.5) is 15.8 Å². The average Bonchev–Trinajstić information content (AvgIpc) is 2.60. The predicted octanol–water partition coefficient (Wildman–Crippen LogP) is 4.30. The van der Waals surface area contributed by atoms with Gasteiger partial charge in [-0.1, -0.05) is 30.3 Å². The molecule has 3 aromatic rings. The Morgan fingerprint density at radius 3 is 2.40 bits per heavy atom. The lowest BCUT2D eigenvalue weighted by atomic mass is 10.0. The van der Waals surface area contributed by atoms with Crippen LogP contribution in [0.5, 0.6) is 0 Å². The van der Waals surface area contributed by atoms with E-state index in [1.165, 1.54) is 12.1 Å². The highest BCUT2D eigenvalue weighted by molar-refractivity contribution is 7.80. The number of hydrogen-bond acceptors (Lipinski definition) is 2. The van der Waals surface area contributed by atoms with Crippen LogP contribution in [0.3, 0.4) is 0 Å². The fourth-order valence-electron chi connectivity index (χ4n) is 2.47. The molecule has 1 heterocycles. The van der Waals surface area contributed by atoms with Gasteiger partial charge in [0.1, 0.15) is 11.5 Å². The van der Waals surface area contributed by atoms with Crippen molar-refractivity contribution < 1.29 is 4.39 Å². The van der Waals surface area contributed by atoms with Crippen molar-refractivity contribution in [1.29, 1.82) is 0 Å². The Labute approximate surface area is 149 Å². The minimum atomic E-state index is -0.328. The molecule has 4 nitrogen and oxygen atoms in total. The summed E-state index contributed by atoms with van der Waals surface area (Å²) in [6.45, 7) is 1.83. The maximum Gasteiger partial charge on any atom is 0.272 e. The fourth-order valence-corrected chi connectivity index (χ4v) is 2.69. The summed E-state index contributed by atoms with van der Waals surface area (Å²) in [7, 11) is 0. The molecule has 0 aliphatic rings. The third kappa shape index (κ3) is 4.10. The molecule has 6 heteroatoms. The maximum absolute atomic E-state index is 13.0. The molecule has 0 aliphatic heterocycles. The predicted molar refractivity (Wildman–Crippen MR) is 103 cm³/mol. The number of anilines is 2. The van der Waals surface area contributed by atoms with Gasteiger partial charge in [0.05, 0.1) is 0 Å². The summed E-state index contributed by atoms with van der Waals surface area (Å²) >= 11 is 5.28. The van der Waals surface area contributed by atoms with E-state index in [2.05, 4.69) is 15.6 Å². The van der Waals surface area contributed by atoms with E-state index in [0.29, 0.717) is 11.4 Å². The summed E-state index contributed by atoms with van der Waals surface area (Å²) in [5, 5.41) is 6.14. The first-order chi connectivity index (χ1) is 12.0. The zero-order valence-corrected chi connectivity index (χ0v) is 14.3. The molecule has 3 rings (SSSR count). The molecule has 0 unspecified atom stereocenters. The van der Waals surface area contributed by atoms with E-state index >= 15 is 0 Å². The molecule has 0 radical (unpaired) electrons. The number of aromatic nitrogens is 1. The number of rotatable bonds is 3. The second kappa shape index (κ2) is 7.27. The van der Waals surface area contributed by atoms with Crippen molar-refractivity contribution in [1.82, 2.24) is 4.98 Å². The van der Waals surface area contributed by atoms with Crippen molar-refractivity contribution in [2.45, 2.75) is 6.92 Å². The lowest BCUT2D eigenvalue weighted by molar-refractivity contribution is 0.628. The van der Waals surface area contributed by atoms with Crippen LogP contribution < -0.4 is 16.2 Å². The molecule has 0 aliphatic carbocycles. The van der Waals surface area contributed by atoms with Gasteiger partial charge < -0.3 is 15.6 Å². The molecule has 0 amide bonds. The summed E-state index contributed by atoms with van der Waals surface area (Å²) in [5.74, 6) is -0.328. The number of aryl methyl sites for hydroxylation is 1. The molecule has 0 saturated carbocycles. The number of hydrogen-bond donors (Lipinski definition) is 3. The minimum Gasteiger partial charge on any atom is -0.332 e. The van der Waals surface area contributed by atoms with E-state index in [0.717, 1.165) is 16.8 Å². The first-order valence-corrected chi connectivity index (χ1v) is 8.06. The van der Waals surface area contributed by atoms with E-state index < -0.39 is 0 Å². The molecule has 1 aromatic heterocycles. The number of halogens is 1. The van der Waals surface area contributed by atoms with E-state index in [4.69, 9.17) is 12.2 Å². The molecule has 3 N–H and O–H groups in total. The van der Waals surface area contributed by atoms with Gasteiger partial charge in [0.2, 0.25) is 0 Å². The van der Waals surface area contributed by atoms with Gasteiger partial charge in [0.25, 0.3) is 5.56 Å². The highest BCUT2D eigenvalue weighted by Crippen LogP contribution is 2.25. The Hall–Kier alpha value is -2.99. The van der Waals surface area contributed by atoms with Crippen LogP contribution in [-0.2, 0) is 0 Å². The van der Waals surface area contributed by atoms with Gasteiger partial charge >= 0.3 is 0 Å². The molecular weight excluding hydrogens is 337 g/mol. The molecule has 126 valence electrons. The van der Waals surface area contributed by atoms with Crippen molar-refractivity contribution in [2.24, 2.45) is 0 Å². The lowest BCUT2D eigenvalue weighted by Crippen LogP contribution is -2.25. The maximum atomic E-state index is 13.0.